The SMILES string of the molecule is Cc1nc(-c2ccccc2)nc2c1CCC1=NCCN12. The number of rotatable bonds is 1. The van der Waals surface area contributed by atoms with E-state index < -0.39 is 0 Å². The van der Waals surface area contributed by atoms with E-state index in [4.69, 9.17) is 9.97 Å². The number of amidine groups is 1. The molecule has 2 aliphatic heterocycles. The van der Waals surface area contributed by atoms with Crippen molar-refractivity contribution in [3.05, 3.63) is 41.6 Å². The lowest BCUT2D eigenvalue weighted by Crippen LogP contribution is -2.33. The van der Waals surface area contributed by atoms with Gasteiger partial charge in [0.05, 0.1) is 6.54 Å². The molecule has 100 valence electrons. The molecule has 0 bridgehead atoms. The van der Waals surface area contributed by atoms with Crippen molar-refractivity contribution in [2.24, 2.45) is 4.99 Å². The number of fused-ring (bicyclic) bond motifs is 3. The summed E-state index contributed by atoms with van der Waals surface area (Å²) < 4.78 is 0. The summed E-state index contributed by atoms with van der Waals surface area (Å²) in [6.07, 6.45) is 2.02. The summed E-state index contributed by atoms with van der Waals surface area (Å²) in [5.74, 6) is 3.07. The molecule has 0 amide bonds. The van der Waals surface area contributed by atoms with E-state index >= 15 is 0 Å². The molecule has 3 heterocycles. The van der Waals surface area contributed by atoms with E-state index in [9.17, 15) is 0 Å². The van der Waals surface area contributed by atoms with Gasteiger partial charge in [-0.05, 0) is 13.3 Å². The van der Waals surface area contributed by atoms with E-state index in [-0.39, 0.29) is 0 Å². The topological polar surface area (TPSA) is 41.4 Å². The molecule has 0 fully saturated rings. The van der Waals surface area contributed by atoms with Crippen molar-refractivity contribution in [3.63, 3.8) is 0 Å². The first-order chi connectivity index (χ1) is 9.83. The van der Waals surface area contributed by atoms with Crippen LogP contribution in [-0.4, -0.2) is 28.9 Å². The minimum atomic E-state index is 0.815. The second kappa shape index (κ2) is 4.40. The molecule has 4 nitrogen and oxygen atoms in total. The highest BCUT2D eigenvalue weighted by Crippen LogP contribution is 2.31. The maximum absolute atomic E-state index is 4.82. The van der Waals surface area contributed by atoms with Gasteiger partial charge in [-0.3, -0.25) is 4.99 Å². The van der Waals surface area contributed by atoms with Crippen LogP contribution in [0, 0.1) is 6.92 Å². The number of aliphatic imine (C=N–C) groups is 1. The van der Waals surface area contributed by atoms with Crippen molar-refractivity contribution in [1.82, 2.24) is 9.97 Å². The summed E-state index contributed by atoms with van der Waals surface area (Å²) in [6.45, 7) is 3.93. The lowest BCUT2D eigenvalue weighted by molar-refractivity contribution is 0.880. The Morgan fingerprint density at radius 3 is 2.75 bits per heavy atom. The molecule has 0 N–H and O–H groups in total. The first-order valence-corrected chi connectivity index (χ1v) is 7.07. The molecule has 0 atom stereocenters. The molecular formula is C16H16N4. The van der Waals surface area contributed by atoms with Crippen LogP contribution in [0.1, 0.15) is 17.7 Å². The largest absolute Gasteiger partial charge is 0.313 e. The highest BCUT2D eigenvalue weighted by molar-refractivity contribution is 6.01. The van der Waals surface area contributed by atoms with Crippen LogP contribution in [-0.2, 0) is 6.42 Å². The van der Waals surface area contributed by atoms with E-state index in [2.05, 4.69) is 28.9 Å². The minimum Gasteiger partial charge on any atom is -0.313 e. The van der Waals surface area contributed by atoms with Gasteiger partial charge in [0, 0.05) is 29.8 Å². The van der Waals surface area contributed by atoms with E-state index in [0.717, 1.165) is 48.8 Å². The Labute approximate surface area is 118 Å². The number of aromatic nitrogens is 2. The van der Waals surface area contributed by atoms with Crippen molar-refractivity contribution < 1.29 is 0 Å². The zero-order chi connectivity index (χ0) is 13.5. The second-order valence-corrected chi connectivity index (χ2v) is 5.25. The highest BCUT2D eigenvalue weighted by atomic mass is 15.3. The first kappa shape index (κ1) is 11.6. The fourth-order valence-corrected chi connectivity index (χ4v) is 2.99. The van der Waals surface area contributed by atoms with Crippen LogP contribution in [0.4, 0.5) is 5.82 Å². The number of nitrogens with zero attached hydrogens (tertiary/aromatic N) is 4. The standard InChI is InChI=1S/C16H16N4/c1-11-13-7-8-14-17-9-10-20(14)16(13)19-15(18-11)12-5-3-2-4-6-12/h2-6H,7-10H2,1H3. The Kier molecular flexibility index (Phi) is 2.55. The number of anilines is 1. The summed E-state index contributed by atoms with van der Waals surface area (Å²) in [5.41, 5.74) is 3.45. The van der Waals surface area contributed by atoms with Crippen LogP contribution in [0.3, 0.4) is 0 Å². The maximum Gasteiger partial charge on any atom is 0.161 e. The summed E-state index contributed by atoms with van der Waals surface area (Å²) >= 11 is 0. The molecule has 0 saturated carbocycles. The average molecular weight is 264 g/mol. The molecule has 0 saturated heterocycles. The molecule has 0 aliphatic carbocycles. The van der Waals surface area contributed by atoms with Crippen molar-refractivity contribution in [1.29, 1.82) is 0 Å². The lowest BCUT2D eigenvalue weighted by atomic mass is 10.0. The predicted octanol–water partition coefficient (Wildman–Crippen LogP) is 2.62. The Morgan fingerprint density at radius 1 is 1.05 bits per heavy atom. The zero-order valence-corrected chi connectivity index (χ0v) is 11.5. The van der Waals surface area contributed by atoms with Crippen LogP contribution in [0.15, 0.2) is 35.3 Å². The van der Waals surface area contributed by atoms with Gasteiger partial charge < -0.3 is 4.90 Å². The van der Waals surface area contributed by atoms with Gasteiger partial charge in [-0.15, -0.1) is 0 Å². The minimum absolute atomic E-state index is 0.815. The van der Waals surface area contributed by atoms with Gasteiger partial charge in [0.25, 0.3) is 0 Å². The van der Waals surface area contributed by atoms with Crippen molar-refractivity contribution in [3.8, 4) is 11.4 Å². The highest BCUT2D eigenvalue weighted by Gasteiger charge is 2.28. The summed E-state index contributed by atoms with van der Waals surface area (Å²) in [6, 6.07) is 10.2. The monoisotopic (exact) mass is 264 g/mol. The molecule has 1 aromatic heterocycles. The molecule has 2 aromatic rings. The van der Waals surface area contributed by atoms with Gasteiger partial charge in [-0.2, -0.15) is 0 Å². The van der Waals surface area contributed by atoms with Gasteiger partial charge in [0.1, 0.15) is 11.7 Å². The van der Waals surface area contributed by atoms with Crippen LogP contribution >= 0.6 is 0 Å². The lowest BCUT2D eigenvalue weighted by Gasteiger charge is -2.28. The van der Waals surface area contributed by atoms with Gasteiger partial charge in [0.15, 0.2) is 5.82 Å². The molecule has 4 heteroatoms. The molecule has 1 aromatic carbocycles. The third kappa shape index (κ3) is 1.72. The Morgan fingerprint density at radius 2 is 1.90 bits per heavy atom. The van der Waals surface area contributed by atoms with E-state index in [0.29, 0.717) is 0 Å². The third-order valence-corrected chi connectivity index (χ3v) is 4.01. The molecule has 2 aliphatic rings. The van der Waals surface area contributed by atoms with Gasteiger partial charge in [-0.25, -0.2) is 9.97 Å². The first-order valence-electron chi connectivity index (χ1n) is 7.07. The van der Waals surface area contributed by atoms with Crippen molar-refractivity contribution >= 4 is 11.7 Å². The molecule has 4 rings (SSSR count). The second-order valence-electron chi connectivity index (χ2n) is 5.25. The quantitative estimate of drug-likeness (QED) is 0.795. The van der Waals surface area contributed by atoms with E-state index in [1.807, 2.05) is 18.2 Å². The van der Waals surface area contributed by atoms with E-state index in [1.54, 1.807) is 0 Å². The van der Waals surface area contributed by atoms with E-state index in [1.165, 1.54) is 11.4 Å². The maximum atomic E-state index is 4.82. The van der Waals surface area contributed by atoms with Crippen molar-refractivity contribution in [2.75, 3.05) is 18.0 Å². The molecule has 0 unspecified atom stereocenters. The Hall–Kier alpha value is -2.23. The molecule has 0 radical (unpaired) electrons. The predicted molar refractivity (Wildman–Crippen MR) is 80.2 cm³/mol. The normalized spacial score (nSPS) is 16.6. The fourth-order valence-electron chi connectivity index (χ4n) is 2.99. The molecular weight excluding hydrogens is 248 g/mol. The Bertz CT molecular complexity index is 691. The third-order valence-electron chi connectivity index (χ3n) is 4.01. The van der Waals surface area contributed by atoms with Gasteiger partial charge >= 0.3 is 0 Å². The Balaban J connectivity index is 1.87. The summed E-state index contributed by atoms with van der Waals surface area (Å²) in [5, 5.41) is 0. The van der Waals surface area contributed by atoms with Crippen molar-refractivity contribution in [2.45, 2.75) is 19.8 Å². The summed E-state index contributed by atoms with van der Waals surface area (Å²) in [7, 11) is 0. The summed E-state index contributed by atoms with van der Waals surface area (Å²) in [4.78, 5) is 16.3. The average Bonchev–Trinajstić information content (AvgIpc) is 2.97. The fraction of sp³-hybridized carbons (Fsp3) is 0.312. The van der Waals surface area contributed by atoms with Crippen LogP contribution in [0.25, 0.3) is 11.4 Å². The van der Waals surface area contributed by atoms with Gasteiger partial charge in [-0.1, -0.05) is 30.3 Å². The number of hydrogen-bond donors (Lipinski definition) is 0. The van der Waals surface area contributed by atoms with Crippen LogP contribution in [0.2, 0.25) is 0 Å². The van der Waals surface area contributed by atoms with Crippen LogP contribution < -0.4 is 4.90 Å². The zero-order valence-electron chi connectivity index (χ0n) is 11.5. The number of benzene rings is 1. The number of aryl methyl sites for hydroxylation is 1. The van der Waals surface area contributed by atoms with Gasteiger partial charge in [0.2, 0.25) is 0 Å². The van der Waals surface area contributed by atoms with Crippen LogP contribution in [0.5, 0.6) is 0 Å². The smallest absolute Gasteiger partial charge is 0.161 e. The number of hydrogen-bond acceptors (Lipinski definition) is 4. The molecule has 0 spiro atoms. The molecule has 20 heavy (non-hydrogen) atoms.